The highest BCUT2D eigenvalue weighted by Crippen LogP contribution is 2.29. The zero-order chi connectivity index (χ0) is 18.4. The summed E-state index contributed by atoms with van der Waals surface area (Å²) in [5.74, 6) is 0.684. The van der Waals surface area contributed by atoms with Gasteiger partial charge in [-0.2, -0.15) is 0 Å². The highest BCUT2D eigenvalue weighted by molar-refractivity contribution is 5.90. The third kappa shape index (κ3) is 3.97. The molecule has 6 heteroatoms. The van der Waals surface area contributed by atoms with Crippen molar-refractivity contribution in [2.24, 2.45) is 0 Å². The Morgan fingerprint density at radius 2 is 1.88 bits per heavy atom. The molecule has 0 bridgehead atoms. The van der Waals surface area contributed by atoms with Crippen molar-refractivity contribution in [3.63, 3.8) is 0 Å². The molecule has 26 heavy (non-hydrogen) atoms. The second-order valence-electron chi connectivity index (χ2n) is 5.72. The van der Waals surface area contributed by atoms with Crippen LogP contribution in [0.25, 0.3) is 0 Å². The maximum atomic E-state index is 12.6. The lowest BCUT2D eigenvalue weighted by Gasteiger charge is -2.21. The molecule has 0 radical (unpaired) electrons. The monoisotopic (exact) mass is 348 g/mol. The van der Waals surface area contributed by atoms with Crippen molar-refractivity contribution in [2.75, 3.05) is 12.4 Å². The van der Waals surface area contributed by atoms with E-state index in [2.05, 4.69) is 20.6 Å². The Labute approximate surface area is 152 Å². The number of nitrogens with one attached hydrogen (secondary N) is 2. The zero-order valence-corrected chi connectivity index (χ0v) is 14.6. The summed E-state index contributed by atoms with van der Waals surface area (Å²) >= 11 is 0. The van der Waals surface area contributed by atoms with Crippen LogP contribution in [0.3, 0.4) is 0 Å². The maximum Gasteiger partial charge on any atom is 0.320 e. The van der Waals surface area contributed by atoms with Gasteiger partial charge in [-0.05, 0) is 36.8 Å². The van der Waals surface area contributed by atoms with Gasteiger partial charge in [-0.1, -0.05) is 24.3 Å². The van der Waals surface area contributed by atoms with Gasteiger partial charge in [-0.15, -0.1) is 0 Å². The number of urea groups is 1. The molecule has 0 saturated heterocycles. The molecule has 2 heterocycles. The largest absolute Gasteiger partial charge is 0.496 e. The molecule has 0 saturated carbocycles. The molecule has 2 N–H and O–H groups in total. The summed E-state index contributed by atoms with van der Waals surface area (Å²) in [7, 11) is 1.61. The fraction of sp³-hybridized carbons (Fsp3) is 0.150. The first-order valence-electron chi connectivity index (χ1n) is 8.21. The molecule has 1 aromatic carbocycles. The molecule has 2 aromatic heterocycles. The van der Waals surface area contributed by atoms with Gasteiger partial charge >= 0.3 is 6.03 Å². The van der Waals surface area contributed by atoms with E-state index in [-0.39, 0.29) is 6.03 Å². The maximum absolute atomic E-state index is 12.6. The lowest BCUT2D eigenvalue weighted by molar-refractivity contribution is 0.249. The number of hydrogen-bond donors (Lipinski definition) is 2. The summed E-state index contributed by atoms with van der Waals surface area (Å²) in [6.45, 7) is 1.89. The lowest BCUT2D eigenvalue weighted by atomic mass is 10.0. The molecule has 0 fully saturated rings. The first-order chi connectivity index (χ1) is 12.7. The summed E-state index contributed by atoms with van der Waals surface area (Å²) in [5, 5.41) is 5.85. The Morgan fingerprint density at radius 1 is 1.08 bits per heavy atom. The number of aromatic nitrogens is 2. The molecule has 6 nitrogen and oxygen atoms in total. The molecule has 3 aromatic rings. The Hall–Kier alpha value is -3.41. The van der Waals surface area contributed by atoms with Crippen LogP contribution in [0, 0.1) is 6.92 Å². The quantitative estimate of drug-likeness (QED) is 0.737. The predicted molar refractivity (Wildman–Crippen MR) is 100 cm³/mol. The van der Waals surface area contributed by atoms with Crippen LogP contribution in [0.5, 0.6) is 5.75 Å². The van der Waals surface area contributed by atoms with E-state index < -0.39 is 6.04 Å². The first kappa shape index (κ1) is 17.4. The van der Waals surface area contributed by atoms with Gasteiger partial charge in [0.15, 0.2) is 0 Å². The molecule has 0 spiro atoms. The highest BCUT2D eigenvalue weighted by atomic mass is 16.5. The van der Waals surface area contributed by atoms with E-state index in [1.54, 1.807) is 31.8 Å². The van der Waals surface area contributed by atoms with Gasteiger partial charge in [0.1, 0.15) is 11.8 Å². The van der Waals surface area contributed by atoms with Gasteiger partial charge in [-0.25, -0.2) is 4.79 Å². The normalized spacial score (nSPS) is 11.5. The van der Waals surface area contributed by atoms with Crippen LogP contribution in [0.1, 0.15) is 22.9 Å². The second kappa shape index (κ2) is 8.11. The first-order valence-corrected chi connectivity index (χ1v) is 8.21. The molecule has 132 valence electrons. The standard InChI is InChI=1S/C20H20N4O2/c1-14-13-21-12-10-16(14)23-20(25)24-19(17-8-5-6-11-22-17)15-7-3-4-9-18(15)26-2/h3-13,19H,1-2H3,(H2,21,23,24,25)/t19-/m1/s1. The Kier molecular flexibility index (Phi) is 5.43. The van der Waals surface area contributed by atoms with Gasteiger partial charge in [0.05, 0.1) is 12.8 Å². The van der Waals surface area contributed by atoms with Crippen molar-refractivity contribution in [1.29, 1.82) is 0 Å². The summed E-state index contributed by atoms with van der Waals surface area (Å²) in [6, 6.07) is 14.1. The third-order valence-electron chi connectivity index (χ3n) is 3.98. The Bertz CT molecular complexity index is 884. The summed E-state index contributed by atoms with van der Waals surface area (Å²) in [5.41, 5.74) is 3.14. The van der Waals surface area contributed by atoms with Crippen LogP contribution in [0.15, 0.2) is 67.1 Å². The number of carbonyl (C=O) groups excluding carboxylic acids is 1. The number of methoxy groups -OCH3 is 1. The van der Waals surface area contributed by atoms with Gasteiger partial charge in [-0.3, -0.25) is 9.97 Å². The molecule has 1 atom stereocenters. The van der Waals surface area contributed by atoms with Crippen LogP contribution in [-0.2, 0) is 0 Å². The number of nitrogens with zero attached hydrogens (tertiary/aromatic N) is 2. The lowest BCUT2D eigenvalue weighted by Crippen LogP contribution is -2.34. The number of benzene rings is 1. The van der Waals surface area contributed by atoms with E-state index in [1.807, 2.05) is 49.4 Å². The van der Waals surface area contributed by atoms with Crippen molar-refractivity contribution in [1.82, 2.24) is 15.3 Å². The molecule has 0 unspecified atom stereocenters. The fourth-order valence-corrected chi connectivity index (χ4v) is 2.67. The van der Waals surface area contributed by atoms with Gasteiger partial charge in [0.25, 0.3) is 0 Å². The fourth-order valence-electron chi connectivity index (χ4n) is 2.67. The van der Waals surface area contributed by atoms with E-state index in [4.69, 9.17) is 4.74 Å². The number of anilines is 1. The van der Waals surface area contributed by atoms with Crippen molar-refractivity contribution in [3.05, 3.63) is 83.9 Å². The number of hydrogen-bond acceptors (Lipinski definition) is 4. The predicted octanol–water partition coefficient (Wildman–Crippen LogP) is 3.70. The topological polar surface area (TPSA) is 76.1 Å². The minimum Gasteiger partial charge on any atom is -0.496 e. The van der Waals surface area contributed by atoms with Crippen LogP contribution in [0.2, 0.25) is 0 Å². The van der Waals surface area contributed by atoms with Crippen LogP contribution in [0.4, 0.5) is 10.5 Å². The summed E-state index contributed by atoms with van der Waals surface area (Å²) in [4.78, 5) is 21.0. The van der Waals surface area contributed by atoms with Crippen molar-refractivity contribution >= 4 is 11.7 Å². The summed E-state index contributed by atoms with van der Waals surface area (Å²) < 4.78 is 5.46. The number of rotatable bonds is 5. The minimum atomic E-state index is -0.450. The molecule has 0 aliphatic heterocycles. The Balaban J connectivity index is 1.89. The van der Waals surface area contributed by atoms with Crippen molar-refractivity contribution in [2.45, 2.75) is 13.0 Å². The number of amides is 2. The summed E-state index contributed by atoms with van der Waals surface area (Å²) in [6.07, 6.45) is 5.04. The molecule has 2 amide bonds. The number of ether oxygens (including phenoxy) is 1. The van der Waals surface area contributed by atoms with Gasteiger partial charge in [0.2, 0.25) is 0 Å². The van der Waals surface area contributed by atoms with Crippen LogP contribution >= 0.6 is 0 Å². The molecular formula is C20H20N4O2. The van der Waals surface area contributed by atoms with E-state index >= 15 is 0 Å². The van der Waals surface area contributed by atoms with E-state index in [0.29, 0.717) is 11.4 Å². The smallest absolute Gasteiger partial charge is 0.320 e. The zero-order valence-electron chi connectivity index (χ0n) is 14.6. The average Bonchev–Trinajstić information content (AvgIpc) is 2.68. The molecule has 0 aliphatic carbocycles. The average molecular weight is 348 g/mol. The van der Waals surface area contributed by atoms with Crippen LogP contribution in [-0.4, -0.2) is 23.1 Å². The molecule has 0 aliphatic rings. The van der Waals surface area contributed by atoms with E-state index in [0.717, 1.165) is 16.8 Å². The highest BCUT2D eigenvalue weighted by Gasteiger charge is 2.21. The third-order valence-corrected chi connectivity index (χ3v) is 3.98. The number of pyridine rings is 2. The van der Waals surface area contributed by atoms with E-state index in [1.165, 1.54) is 0 Å². The second-order valence-corrected chi connectivity index (χ2v) is 5.72. The Morgan fingerprint density at radius 3 is 2.62 bits per heavy atom. The molecular weight excluding hydrogens is 328 g/mol. The van der Waals surface area contributed by atoms with Crippen molar-refractivity contribution < 1.29 is 9.53 Å². The number of para-hydroxylation sites is 1. The van der Waals surface area contributed by atoms with Crippen LogP contribution < -0.4 is 15.4 Å². The molecule has 3 rings (SSSR count). The SMILES string of the molecule is COc1ccccc1[C@@H](NC(=O)Nc1ccncc1C)c1ccccn1. The minimum absolute atomic E-state index is 0.333. The van der Waals surface area contributed by atoms with E-state index in [9.17, 15) is 4.79 Å². The number of carbonyl (C=O) groups is 1. The van der Waals surface area contributed by atoms with Gasteiger partial charge < -0.3 is 15.4 Å². The van der Waals surface area contributed by atoms with Gasteiger partial charge in [0, 0.05) is 29.8 Å². The van der Waals surface area contributed by atoms with Crippen molar-refractivity contribution in [3.8, 4) is 5.75 Å². The number of aryl methyl sites for hydroxylation is 1.